The van der Waals surface area contributed by atoms with E-state index in [2.05, 4.69) is 5.32 Å². The third kappa shape index (κ3) is 2.44. The summed E-state index contributed by atoms with van der Waals surface area (Å²) < 4.78 is 5.10. The molecule has 4 heteroatoms. The second-order valence-corrected chi connectivity index (χ2v) is 3.65. The molecule has 0 radical (unpaired) electrons. The second-order valence-electron chi connectivity index (χ2n) is 3.24. The van der Waals surface area contributed by atoms with Crippen LogP contribution in [-0.4, -0.2) is 5.91 Å². The van der Waals surface area contributed by atoms with Gasteiger partial charge in [0.25, 0.3) is 5.91 Å². The minimum atomic E-state index is -0.206. The summed E-state index contributed by atoms with van der Waals surface area (Å²) in [5.41, 5.74) is 0.468. The summed E-state index contributed by atoms with van der Waals surface area (Å²) in [5, 5.41) is 3.17. The first-order valence-corrected chi connectivity index (χ1v) is 5.20. The van der Waals surface area contributed by atoms with Gasteiger partial charge >= 0.3 is 0 Å². The Morgan fingerprint density at radius 1 is 1.25 bits per heavy atom. The molecular weight excluding hydrogens is 226 g/mol. The van der Waals surface area contributed by atoms with Crippen molar-refractivity contribution in [3.05, 3.63) is 59.0 Å². The summed E-state index contributed by atoms with van der Waals surface area (Å²) in [4.78, 5) is 11.7. The van der Waals surface area contributed by atoms with Crippen LogP contribution >= 0.6 is 11.6 Å². The van der Waals surface area contributed by atoms with E-state index in [-0.39, 0.29) is 5.91 Å². The van der Waals surface area contributed by atoms with Gasteiger partial charge in [0.1, 0.15) is 5.76 Å². The molecule has 0 aliphatic rings. The first kappa shape index (κ1) is 10.8. The Bertz CT molecular complexity index is 480. The van der Waals surface area contributed by atoms with Crippen molar-refractivity contribution in [1.82, 2.24) is 5.32 Å². The molecule has 82 valence electrons. The molecule has 0 atom stereocenters. The van der Waals surface area contributed by atoms with E-state index in [0.717, 1.165) is 0 Å². The Kier molecular flexibility index (Phi) is 3.27. The largest absolute Gasteiger partial charge is 0.467 e. The maximum absolute atomic E-state index is 11.7. The molecule has 0 fully saturated rings. The fourth-order valence-electron chi connectivity index (χ4n) is 1.32. The van der Waals surface area contributed by atoms with Gasteiger partial charge in [-0.05, 0) is 24.3 Å². The number of carbonyl (C=O) groups is 1. The van der Waals surface area contributed by atoms with Crippen LogP contribution in [0.4, 0.5) is 0 Å². The van der Waals surface area contributed by atoms with Gasteiger partial charge in [-0.25, -0.2) is 0 Å². The molecule has 0 saturated carbocycles. The van der Waals surface area contributed by atoms with Gasteiger partial charge in [0, 0.05) is 0 Å². The Balaban J connectivity index is 2.01. The zero-order valence-corrected chi connectivity index (χ0v) is 9.20. The highest BCUT2D eigenvalue weighted by Crippen LogP contribution is 2.14. The van der Waals surface area contributed by atoms with Gasteiger partial charge in [0.2, 0.25) is 0 Å². The van der Waals surface area contributed by atoms with E-state index in [9.17, 15) is 4.79 Å². The lowest BCUT2D eigenvalue weighted by Gasteiger charge is -2.04. The maximum Gasteiger partial charge on any atom is 0.253 e. The van der Waals surface area contributed by atoms with E-state index in [1.807, 2.05) is 0 Å². The number of amides is 1. The van der Waals surface area contributed by atoms with Crippen molar-refractivity contribution in [3.63, 3.8) is 0 Å². The van der Waals surface area contributed by atoms with Crippen LogP contribution in [0.1, 0.15) is 16.1 Å². The van der Waals surface area contributed by atoms with Gasteiger partial charge in [0.15, 0.2) is 0 Å². The van der Waals surface area contributed by atoms with E-state index in [0.29, 0.717) is 22.9 Å². The summed E-state index contributed by atoms with van der Waals surface area (Å²) in [7, 11) is 0. The number of furan rings is 1. The summed E-state index contributed by atoms with van der Waals surface area (Å²) in [6.07, 6.45) is 1.57. The molecule has 16 heavy (non-hydrogen) atoms. The Morgan fingerprint density at radius 2 is 2.06 bits per heavy atom. The van der Waals surface area contributed by atoms with Gasteiger partial charge in [-0.15, -0.1) is 0 Å². The molecule has 1 heterocycles. The summed E-state index contributed by atoms with van der Waals surface area (Å²) in [6.45, 7) is 0.358. The highest BCUT2D eigenvalue weighted by atomic mass is 35.5. The van der Waals surface area contributed by atoms with Crippen LogP contribution in [0, 0.1) is 0 Å². The first-order valence-electron chi connectivity index (χ1n) is 4.82. The lowest BCUT2D eigenvalue weighted by molar-refractivity contribution is 0.0948. The molecule has 0 spiro atoms. The van der Waals surface area contributed by atoms with Crippen molar-refractivity contribution in [2.75, 3.05) is 0 Å². The van der Waals surface area contributed by atoms with Gasteiger partial charge in [-0.2, -0.15) is 0 Å². The molecular formula is C12H10ClNO2. The highest BCUT2D eigenvalue weighted by molar-refractivity contribution is 6.33. The number of nitrogens with one attached hydrogen (secondary N) is 1. The molecule has 1 N–H and O–H groups in total. The number of halogens is 1. The molecule has 3 nitrogen and oxygen atoms in total. The van der Waals surface area contributed by atoms with E-state index < -0.39 is 0 Å². The lowest BCUT2D eigenvalue weighted by Crippen LogP contribution is -2.22. The highest BCUT2D eigenvalue weighted by Gasteiger charge is 2.09. The SMILES string of the molecule is O=C(NCc1ccco1)c1ccccc1Cl. The number of carbonyl (C=O) groups excluding carboxylic acids is 1. The van der Waals surface area contributed by atoms with E-state index in [1.165, 1.54) is 0 Å². The molecule has 0 saturated heterocycles. The Labute approximate surface area is 98.0 Å². The molecule has 1 amide bonds. The number of rotatable bonds is 3. The van der Waals surface area contributed by atoms with Crippen molar-refractivity contribution in [2.45, 2.75) is 6.54 Å². The predicted octanol–water partition coefficient (Wildman–Crippen LogP) is 2.86. The van der Waals surface area contributed by atoms with Crippen LogP contribution in [0.25, 0.3) is 0 Å². The predicted molar refractivity (Wildman–Crippen MR) is 61.3 cm³/mol. The van der Waals surface area contributed by atoms with Gasteiger partial charge in [0.05, 0.1) is 23.4 Å². The number of hydrogen-bond donors (Lipinski definition) is 1. The molecule has 2 rings (SSSR count). The fraction of sp³-hybridized carbons (Fsp3) is 0.0833. The summed E-state index contributed by atoms with van der Waals surface area (Å²) >= 11 is 5.90. The van der Waals surface area contributed by atoms with Crippen LogP contribution in [0.15, 0.2) is 47.1 Å². The van der Waals surface area contributed by atoms with Gasteiger partial charge in [-0.1, -0.05) is 23.7 Å². The van der Waals surface area contributed by atoms with Gasteiger partial charge in [-0.3, -0.25) is 4.79 Å². The van der Waals surface area contributed by atoms with Gasteiger partial charge < -0.3 is 9.73 Å². The van der Waals surface area contributed by atoms with Crippen molar-refractivity contribution in [2.24, 2.45) is 0 Å². The van der Waals surface area contributed by atoms with Crippen molar-refractivity contribution >= 4 is 17.5 Å². The molecule has 1 aromatic carbocycles. The third-order valence-corrected chi connectivity index (χ3v) is 2.45. The number of benzene rings is 1. The topological polar surface area (TPSA) is 42.2 Å². The number of hydrogen-bond acceptors (Lipinski definition) is 2. The normalized spacial score (nSPS) is 10.1. The maximum atomic E-state index is 11.7. The fourth-order valence-corrected chi connectivity index (χ4v) is 1.54. The van der Waals surface area contributed by atoms with Crippen molar-refractivity contribution in [1.29, 1.82) is 0 Å². The minimum absolute atomic E-state index is 0.206. The van der Waals surface area contributed by atoms with E-state index in [4.69, 9.17) is 16.0 Å². The van der Waals surface area contributed by atoms with Crippen LogP contribution in [0.3, 0.4) is 0 Å². The monoisotopic (exact) mass is 235 g/mol. The molecule has 0 unspecified atom stereocenters. The van der Waals surface area contributed by atoms with E-state index in [1.54, 1.807) is 42.7 Å². The lowest BCUT2D eigenvalue weighted by atomic mass is 10.2. The van der Waals surface area contributed by atoms with Crippen molar-refractivity contribution < 1.29 is 9.21 Å². The average molecular weight is 236 g/mol. The summed E-state index contributed by atoms with van der Waals surface area (Å²) in [5.74, 6) is 0.502. The summed E-state index contributed by atoms with van der Waals surface area (Å²) in [6, 6.07) is 10.5. The Hall–Kier alpha value is -1.74. The van der Waals surface area contributed by atoms with E-state index >= 15 is 0 Å². The molecule has 1 aromatic heterocycles. The van der Waals surface area contributed by atoms with Crippen molar-refractivity contribution in [3.8, 4) is 0 Å². The second kappa shape index (κ2) is 4.86. The minimum Gasteiger partial charge on any atom is -0.467 e. The Morgan fingerprint density at radius 3 is 2.75 bits per heavy atom. The smallest absolute Gasteiger partial charge is 0.253 e. The average Bonchev–Trinajstić information content (AvgIpc) is 2.79. The molecule has 0 aliphatic heterocycles. The molecule has 0 bridgehead atoms. The quantitative estimate of drug-likeness (QED) is 0.889. The molecule has 2 aromatic rings. The van der Waals surface area contributed by atoms with Crippen LogP contribution in [0.2, 0.25) is 5.02 Å². The molecule has 0 aliphatic carbocycles. The third-order valence-electron chi connectivity index (χ3n) is 2.12. The zero-order valence-electron chi connectivity index (χ0n) is 8.44. The first-order chi connectivity index (χ1) is 7.77. The van der Waals surface area contributed by atoms with Crippen LogP contribution in [0.5, 0.6) is 0 Å². The van der Waals surface area contributed by atoms with Crippen LogP contribution < -0.4 is 5.32 Å². The standard InChI is InChI=1S/C12H10ClNO2/c13-11-6-2-1-5-10(11)12(15)14-8-9-4-3-7-16-9/h1-7H,8H2,(H,14,15). The van der Waals surface area contributed by atoms with Crippen LogP contribution in [-0.2, 0) is 6.54 Å². The zero-order chi connectivity index (χ0) is 11.4.